The minimum Gasteiger partial charge on any atom is -0.482 e. The molecule has 0 saturated heterocycles. The average molecular weight is 249 g/mol. The summed E-state index contributed by atoms with van der Waals surface area (Å²) >= 11 is 0. The van der Waals surface area contributed by atoms with E-state index < -0.39 is 6.10 Å². The minimum absolute atomic E-state index is 0.0529. The molecule has 2 rings (SSSR count). The molecule has 1 aliphatic rings. The minimum atomic E-state index is -0.533. The van der Waals surface area contributed by atoms with E-state index in [-0.39, 0.29) is 18.4 Å². The van der Waals surface area contributed by atoms with Crippen LogP contribution in [0.15, 0.2) is 18.2 Å². The zero-order valence-electron chi connectivity index (χ0n) is 10.9. The fourth-order valence-corrected chi connectivity index (χ4v) is 1.95. The van der Waals surface area contributed by atoms with Gasteiger partial charge in [-0.3, -0.25) is 4.79 Å². The van der Waals surface area contributed by atoms with E-state index in [4.69, 9.17) is 4.74 Å². The van der Waals surface area contributed by atoms with Gasteiger partial charge < -0.3 is 15.2 Å². The van der Waals surface area contributed by atoms with E-state index in [0.717, 1.165) is 5.56 Å². The molecule has 1 heterocycles. The zero-order valence-corrected chi connectivity index (χ0v) is 10.9. The largest absolute Gasteiger partial charge is 0.482 e. The highest BCUT2D eigenvalue weighted by Gasteiger charge is 2.22. The molecule has 1 aromatic carbocycles. The fraction of sp³-hybridized carbons (Fsp3) is 0.500. The number of carbonyl (C=O) groups excluding carboxylic acids is 1. The molecule has 0 fully saturated rings. The average Bonchev–Trinajstić information content (AvgIpc) is 2.35. The van der Waals surface area contributed by atoms with Crippen LogP contribution in [0.1, 0.15) is 32.4 Å². The van der Waals surface area contributed by atoms with Crippen molar-refractivity contribution < 1.29 is 14.6 Å². The molecule has 1 aliphatic heterocycles. The Labute approximate surface area is 107 Å². The van der Waals surface area contributed by atoms with Gasteiger partial charge in [0, 0.05) is 0 Å². The fourth-order valence-electron chi connectivity index (χ4n) is 1.95. The lowest BCUT2D eigenvalue weighted by Crippen LogP contribution is -2.25. The lowest BCUT2D eigenvalue weighted by atomic mass is 9.88. The van der Waals surface area contributed by atoms with Gasteiger partial charge in [-0.25, -0.2) is 0 Å². The van der Waals surface area contributed by atoms with Crippen molar-refractivity contribution in [1.29, 1.82) is 0 Å². The van der Waals surface area contributed by atoms with E-state index in [1.165, 1.54) is 0 Å². The summed E-state index contributed by atoms with van der Waals surface area (Å²) in [5.41, 5.74) is 1.44. The third kappa shape index (κ3) is 2.48. The van der Waals surface area contributed by atoms with Crippen LogP contribution in [0.5, 0.6) is 5.75 Å². The Bertz CT molecular complexity index is 456. The van der Waals surface area contributed by atoms with E-state index in [2.05, 4.69) is 19.2 Å². The zero-order chi connectivity index (χ0) is 13.3. The second kappa shape index (κ2) is 4.98. The van der Waals surface area contributed by atoms with Gasteiger partial charge in [0.2, 0.25) is 0 Å². The lowest BCUT2D eigenvalue weighted by Gasteiger charge is -2.24. The number of amides is 1. The maximum atomic E-state index is 11.3. The van der Waals surface area contributed by atoms with Gasteiger partial charge in [-0.1, -0.05) is 26.8 Å². The van der Waals surface area contributed by atoms with E-state index in [1.54, 1.807) is 12.1 Å². The molecule has 2 unspecified atom stereocenters. The molecule has 18 heavy (non-hydrogen) atoms. The summed E-state index contributed by atoms with van der Waals surface area (Å²) in [4.78, 5) is 11.3. The number of hydrogen-bond donors (Lipinski definition) is 2. The number of anilines is 1. The molecule has 2 atom stereocenters. The van der Waals surface area contributed by atoms with Gasteiger partial charge in [-0.2, -0.15) is 0 Å². The molecule has 4 heteroatoms. The Morgan fingerprint density at radius 3 is 2.72 bits per heavy atom. The van der Waals surface area contributed by atoms with Crippen molar-refractivity contribution in [2.45, 2.75) is 26.9 Å². The molecule has 0 bridgehead atoms. The van der Waals surface area contributed by atoms with Crippen LogP contribution >= 0.6 is 0 Å². The van der Waals surface area contributed by atoms with Crippen molar-refractivity contribution in [3.05, 3.63) is 23.8 Å². The quantitative estimate of drug-likeness (QED) is 0.864. The molecule has 0 saturated carbocycles. The summed E-state index contributed by atoms with van der Waals surface area (Å²) in [6.45, 7) is 6.23. The van der Waals surface area contributed by atoms with E-state index in [0.29, 0.717) is 17.4 Å². The van der Waals surface area contributed by atoms with Crippen LogP contribution in [-0.4, -0.2) is 17.6 Å². The van der Waals surface area contributed by atoms with Crippen molar-refractivity contribution in [3.63, 3.8) is 0 Å². The molecule has 0 aliphatic carbocycles. The molecule has 1 amide bonds. The van der Waals surface area contributed by atoms with E-state index in [1.807, 2.05) is 13.0 Å². The number of benzene rings is 1. The number of carbonyl (C=O) groups is 1. The first kappa shape index (κ1) is 12.9. The lowest BCUT2D eigenvalue weighted by molar-refractivity contribution is -0.118. The van der Waals surface area contributed by atoms with Crippen LogP contribution in [0.4, 0.5) is 5.69 Å². The van der Waals surface area contributed by atoms with Crippen molar-refractivity contribution >= 4 is 11.6 Å². The summed E-state index contributed by atoms with van der Waals surface area (Å²) in [5.74, 6) is 1.04. The van der Waals surface area contributed by atoms with Crippen LogP contribution in [0, 0.1) is 11.8 Å². The summed E-state index contributed by atoms with van der Waals surface area (Å²) in [6.07, 6.45) is -0.533. The molecule has 0 aromatic heterocycles. The highest BCUT2D eigenvalue weighted by molar-refractivity contribution is 5.95. The highest BCUT2D eigenvalue weighted by atomic mass is 16.5. The standard InChI is InChI=1S/C14H19NO3/c1-8(2)9(3)14(17)10-4-5-12-11(6-10)15-13(16)7-18-12/h4-6,8-9,14,17H,7H2,1-3H3,(H,15,16). The topological polar surface area (TPSA) is 58.6 Å². The van der Waals surface area contributed by atoms with Crippen LogP contribution in [0.2, 0.25) is 0 Å². The smallest absolute Gasteiger partial charge is 0.262 e. The molecule has 4 nitrogen and oxygen atoms in total. The van der Waals surface area contributed by atoms with Gasteiger partial charge in [-0.05, 0) is 29.5 Å². The second-order valence-corrected chi connectivity index (χ2v) is 5.14. The number of aliphatic hydroxyl groups excluding tert-OH is 1. The van der Waals surface area contributed by atoms with Crippen LogP contribution in [0.25, 0.3) is 0 Å². The van der Waals surface area contributed by atoms with Crippen LogP contribution in [-0.2, 0) is 4.79 Å². The summed E-state index contributed by atoms with van der Waals surface area (Å²) in [6, 6.07) is 5.43. The normalized spacial score (nSPS) is 17.7. The Morgan fingerprint density at radius 2 is 2.06 bits per heavy atom. The number of rotatable bonds is 3. The van der Waals surface area contributed by atoms with Crippen LogP contribution in [0.3, 0.4) is 0 Å². The molecule has 1 aromatic rings. The maximum Gasteiger partial charge on any atom is 0.262 e. The van der Waals surface area contributed by atoms with Crippen molar-refractivity contribution in [3.8, 4) is 5.75 Å². The third-order valence-electron chi connectivity index (χ3n) is 3.53. The number of ether oxygens (including phenoxy) is 1. The van der Waals surface area contributed by atoms with Crippen molar-refractivity contribution in [2.24, 2.45) is 11.8 Å². The predicted molar refractivity (Wildman–Crippen MR) is 69.5 cm³/mol. The van der Waals surface area contributed by atoms with E-state index in [9.17, 15) is 9.90 Å². The molecule has 98 valence electrons. The van der Waals surface area contributed by atoms with Gasteiger partial charge in [-0.15, -0.1) is 0 Å². The molecule has 0 spiro atoms. The Balaban J connectivity index is 2.25. The van der Waals surface area contributed by atoms with Gasteiger partial charge in [0.05, 0.1) is 11.8 Å². The summed E-state index contributed by atoms with van der Waals surface area (Å²) in [7, 11) is 0. The number of fused-ring (bicyclic) bond motifs is 1. The van der Waals surface area contributed by atoms with E-state index >= 15 is 0 Å². The highest BCUT2D eigenvalue weighted by Crippen LogP contribution is 2.34. The van der Waals surface area contributed by atoms with Gasteiger partial charge >= 0.3 is 0 Å². The molecule has 0 radical (unpaired) electrons. The first-order chi connectivity index (χ1) is 8.49. The molecular formula is C14H19NO3. The maximum absolute atomic E-state index is 11.3. The van der Waals surface area contributed by atoms with Gasteiger partial charge in [0.25, 0.3) is 5.91 Å². The van der Waals surface area contributed by atoms with Crippen LogP contribution < -0.4 is 10.1 Å². The number of aliphatic hydroxyl groups is 1. The Hall–Kier alpha value is -1.55. The van der Waals surface area contributed by atoms with Crippen molar-refractivity contribution in [2.75, 3.05) is 11.9 Å². The Morgan fingerprint density at radius 1 is 1.33 bits per heavy atom. The van der Waals surface area contributed by atoms with Gasteiger partial charge in [0.1, 0.15) is 5.75 Å². The molecule has 2 N–H and O–H groups in total. The van der Waals surface area contributed by atoms with Crippen molar-refractivity contribution in [1.82, 2.24) is 0 Å². The summed E-state index contributed by atoms with van der Waals surface area (Å²) < 4.78 is 5.28. The third-order valence-corrected chi connectivity index (χ3v) is 3.53. The predicted octanol–water partition coefficient (Wildman–Crippen LogP) is 2.34. The monoisotopic (exact) mass is 249 g/mol. The Kier molecular flexibility index (Phi) is 3.57. The SMILES string of the molecule is CC(C)C(C)C(O)c1ccc2c(c1)NC(=O)CO2. The molecular weight excluding hydrogens is 230 g/mol. The first-order valence-electron chi connectivity index (χ1n) is 6.23. The summed E-state index contributed by atoms with van der Waals surface area (Å²) in [5, 5.41) is 13.0. The second-order valence-electron chi connectivity index (χ2n) is 5.14. The number of hydrogen-bond acceptors (Lipinski definition) is 3. The van der Waals surface area contributed by atoms with Gasteiger partial charge in [0.15, 0.2) is 6.61 Å². The first-order valence-corrected chi connectivity index (χ1v) is 6.23. The number of nitrogens with one attached hydrogen (secondary N) is 1.